The number of thiazole rings is 1. The van der Waals surface area contributed by atoms with Crippen molar-refractivity contribution in [1.82, 2.24) is 4.98 Å². The lowest BCUT2D eigenvalue weighted by Gasteiger charge is -2.04. The molecule has 20 heavy (non-hydrogen) atoms. The van der Waals surface area contributed by atoms with E-state index in [1.54, 1.807) is 24.4 Å². The third-order valence-corrected chi connectivity index (χ3v) is 3.85. The molecule has 1 aromatic heterocycles. The lowest BCUT2D eigenvalue weighted by atomic mass is 10.2. The molecule has 2 aromatic rings. The highest BCUT2D eigenvalue weighted by atomic mass is 35.5. The lowest BCUT2D eigenvalue weighted by molar-refractivity contribution is 0.102. The number of nitriles is 1. The number of carbonyl (C=O) groups is 1. The van der Waals surface area contributed by atoms with Crippen LogP contribution in [0.25, 0.3) is 0 Å². The summed E-state index contributed by atoms with van der Waals surface area (Å²) in [7, 11) is 0. The van der Waals surface area contributed by atoms with Crippen molar-refractivity contribution >= 4 is 34.5 Å². The number of amides is 1. The molecule has 0 spiro atoms. The van der Waals surface area contributed by atoms with Crippen LogP contribution in [0.2, 0.25) is 5.02 Å². The smallest absolute Gasteiger partial charge is 0.275 e. The molecule has 0 aliphatic heterocycles. The second-order valence-electron chi connectivity index (χ2n) is 4.12. The van der Waals surface area contributed by atoms with Gasteiger partial charge in [0.25, 0.3) is 5.91 Å². The van der Waals surface area contributed by atoms with Gasteiger partial charge < -0.3 is 11.1 Å². The maximum absolute atomic E-state index is 12.0. The zero-order valence-electron chi connectivity index (χ0n) is 10.6. The third kappa shape index (κ3) is 3.14. The van der Waals surface area contributed by atoms with E-state index >= 15 is 0 Å². The van der Waals surface area contributed by atoms with Gasteiger partial charge in [0.05, 0.1) is 16.6 Å². The van der Waals surface area contributed by atoms with Gasteiger partial charge in [-0.05, 0) is 25.1 Å². The Kier molecular flexibility index (Phi) is 4.35. The number of nitrogens with two attached hydrogens (primary N) is 1. The molecular weight excluding hydrogens is 296 g/mol. The van der Waals surface area contributed by atoms with Gasteiger partial charge >= 0.3 is 0 Å². The zero-order chi connectivity index (χ0) is 14.7. The predicted molar refractivity (Wildman–Crippen MR) is 78.8 cm³/mol. The highest BCUT2D eigenvalue weighted by Crippen LogP contribution is 2.21. The zero-order valence-corrected chi connectivity index (χ0v) is 12.1. The van der Waals surface area contributed by atoms with Crippen LogP contribution in [-0.2, 0) is 0 Å². The van der Waals surface area contributed by atoms with E-state index in [1.807, 2.05) is 6.07 Å². The summed E-state index contributed by atoms with van der Waals surface area (Å²) in [5.74, 6) is -0.339. The molecule has 1 atom stereocenters. The first-order valence-corrected chi connectivity index (χ1v) is 6.99. The Morgan fingerprint density at radius 3 is 2.90 bits per heavy atom. The van der Waals surface area contributed by atoms with Gasteiger partial charge in [-0.3, -0.25) is 4.79 Å². The molecule has 1 unspecified atom stereocenters. The molecule has 0 saturated carbocycles. The van der Waals surface area contributed by atoms with Crippen molar-refractivity contribution in [2.75, 3.05) is 5.32 Å². The van der Waals surface area contributed by atoms with Crippen LogP contribution in [0, 0.1) is 11.3 Å². The van der Waals surface area contributed by atoms with Crippen LogP contribution in [0.15, 0.2) is 23.6 Å². The topological polar surface area (TPSA) is 91.8 Å². The van der Waals surface area contributed by atoms with Crippen LogP contribution in [0.4, 0.5) is 5.69 Å². The number of hydrogen-bond donors (Lipinski definition) is 2. The highest BCUT2D eigenvalue weighted by molar-refractivity contribution is 7.09. The third-order valence-electron chi connectivity index (χ3n) is 2.49. The average molecular weight is 307 g/mol. The van der Waals surface area contributed by atoms with Gasteiger partial charge in [-0.25, -0.2) is 4.98 Å². The fourth-order valence-corrected chi connectivity index (χ4v) is 2.46. The Hall–Kier alpha value is -1.94. The number of benzene rings is 1. The molecule has 1 aromatic carbocycles. The first-order chi connectivity index (χ1) is 9.51. The van der Waals surface area contributed by atoms with Gasteiger partial charge in [0.2, 0.25) is 0 Å². The quantitative estimate of drug-likeness (QED) is 0.912. The largest absolute Gasteiger partial charge is 0.322 e. The number of rotatable bonds is 3. The van der Waals surface area contributed by atoms with Crippen molar-refractivity contribution in [3.63, 3.8) is 0 Å². The lowest BCUT2D eigenvalue weighted by Crippen LogP contribution is -2.13. The molecule has 0 aliphatic rings. The molecule has 0 aliphatic carbocycles. The van der Waals surface area contributed by atoms with E-state index in [9.17, 15) is 4.79 Å². The standard InChI is InChI=1S/C13H11ClN4OS/c1-7(16)13-18-11(6-20-13)12(19)17-9-3-2-8(5-15)10(14)4-9/h2-4,6-7H,16H2,1H3,(H,17,19). The van der Waals surface area contributed by atoms with Crippen molar-refractivity contribution in [2.45, 2.75) is 13.0 Å². The first-order valence-electron chi connectivity index (χ1n) is 5.73. The molecule has 3 N–H and O–H groups in total. The molecule has 5 nitrogen and oxygen atoms in total. The van der Waals surface area contributed by atoms with E-state index < -0.39 is 0 Å². The molecule has 1 heterocycles. The average Bonchev–Trinajstić information content (AvgIpc) is 2.88. The summed E-state index contributed by atoms with van der Waals surface area (Å²) in [6, 6.07) is 6.44. The van der Waals surface area contributed by atoms with E-state index in [1.165, 1.54) is 17.4 Å². The highest BCUT2D eigenvalue weighted by Gasteiger charge is 2.13. The summed E-state index contributed by atoms with van der Waals surface area (Å²) in [6.45, 7) is 1.81. The Labute approximate surface area is 125 Å². The summed E-state index contributed by atoms with van der Waals surface area (Å²) in [4.78, 5) is 16.2. The van der Waals surface area contributed by atoms with Crippen LogP contribution in [-0.4, -0.2) is 10.9 Å². The molecule has 2 rings (SSSR count). The minimum Gasteiger partial charge on any atom is -0.322 e. The van der Waals surface area contributed by atoms with Crippen LogP contribution < -0.4 is 11.1 Å². The van der Waals surface area contributed by atoms with Gasteiger partial charge in [0.15, 0.2) is 0 Å². The second kappa shape index (κ2) is 6.01. The fraction of sp³-hybridized carbons (Fsp3) is 0.154. The van der Waals surface area contributed by atoms with Gasteiger partial charge in [-0.1, -0.05) is 11.6 Å². The predicted octanol–water partition coefficient (Wildman–Crippen LogP) is 2.94. The number of anilines is 1. The van der Waals surface area contributed by atoms with Crippen LogP contribution >= 0.6 is 22.9 Å². The summed E-state index contributed by atoms with van der Waals surface area (Å²) in [6.07, 6.45) is 0. The van der Waals surface area contributed by atoms with E-state index in [-0.39, 0.29) is 11.9 Å². The van der Waals surface area contributed by atoms with E-state index in [2.05, 4.69) is 10.3 Å². The minimum atomic E-state index is -0.339. The molecule has 0 fully saturated rings. The van der Waals surface area contributed by atoms with Crippen LogP contribution in [0.5, 0.6) is 0 Å². The second-order valence-corrected chi connectivity index (χ2v) is 5.42. The molecule has 0 saturated heterocycles. The SMILES string of the molecule is CC(N)c1nc(C(=O)Nc2ccc(C#N)c(Cl)c2)cs1. The summed E-state index contributed by atoms with van der Waals surface area (Å²) in [5.41, 5.74) is 6.88. The van der Waals surface area contributed by atoms with Crippen molar-refractivity contribution in [3.8, 4) is 6.07 Å². The Morgan fingerprint density at radius 2 is 2.35 bits per heavy atom. The molecule has 1 amide bonds. The number of aromatic nitrogens is 1. The van der Waals surface area contributed by atoms with E-state index in [4.69, 9.17) is 22.6 Å². The van der Waals surface area contributed by atoms with E-state index in [0.29, 0.717) is 27.0 Å². The molecule has 0 radical (unpaired) electrons. The van der Waals surface area contributed by atoms with Gasteiger partial charge in [-0.15, -0.1) is 11.3 Å². The van der Waals surface area contributed by atoms with Crippen molar-refractivity contribution in [1.29, 1.82) is 5.26 Å². The summed E-state index contributed by atoms with van der Waals surface area (Å²) < 4.78 is 0. The Balaban J connectivity index is 2.15. The first kappa shape index (κ1) is 14.5. The number of nitrogens with zero attached hydrogens (tertiary/aromatic N) is 2. The maximum Gasteiger partial charge on any atom is 0.275 e. The fourth-order valence-electron chi connectivity index (χ4n) is 1.48. The Bertz CT molecular complexity index is 690. The van der Waals surface area contributed by atoms with Crippen molar-refractivity contribution in [3.05, 3.63) is 44.9 Å². The summed E-state index contributed by atoms with van der Waals surface area (Å²) >= 11 is 7.24. The molecular formula is C13H11ClN4OS. The number of carbonyl (C=O) groups excluding carboxylic acids is 1. The van der Waals surface area contributed by atoms with Crippen molar-refractivity contribution in [2.24, 2.45) is 5.73 Å². The number of halogens is 1. The van der Waals surface area contributed by atoms with Crippen molar-refractivity contribution < 1.29 is 4.79 Å². The van der Waals surface area contributed by atoms with E-state index in [0.717, 1.165) is 0 Å². The number of nitrogens with one attached hydrogen (secondary N) is 1. The van der Waals surface area contributed by atoms with Gasteiger partial charge in [0, 0.05) is 11.1 Å². The minimum absolute atomic E-state index is 0.203. The maximum atomic E-state index is 12.0. The Morgan fingerprint density at radius 1 is 1.60 bits per heavy atom. The van der Waals surface area contributed by atoms with Crippen LogP contribution in [0.3, 0.4) is 0 Å². The summed E-state index contributed by atoms with van der Waals surface area (Å²) in [5, 5.41) is 14.1. The van der Waals surface area contributed by atoms with Gasteiger partial charge in [0.1, 0.15) is 16.8 Å². The van der Waals surface area contributed by atoms with Crippen LogP contribution in [0.1, 0.15) is 34.0 Å². The molecule has 102 valence electrons. The molecule has 0 bridgehead atoms. The van der Waals surface area contributed by atoms with Gasteiger partial charge in [-0.2, -0.15) is 5.26 Å². The molecule has 7 heteroatoms. The normalized spacial score (nSPS) is 11.7. The number of hydrogen-bond acceptors (Lipinski definition) is 5. The monoisotopic (exact) mass is 306 g/mol.